The lowest BCUT2D eigenvalue weighted by atomic mass is 9.95. The van der Waals surface area contributed by atoms with Crippen LogP contribution in [0.5, 0.6) is 11.8 Å². The van der Waals surface area contributed by atoms with Crippen LogP contribution < -0.4 is 9.64 Å². The highest BCUT2D eigenvalue weighted by Crippen LogP contribution is 2.44. The number of phenols is 1. The van der Waals surface area contributed by atoms with Gasteiger partial charge in [0.2, 0.25) is 0 Å². The topological polar surface area (TPSA) is 74.6 Å². The average Bonchev–Trinajstić information content (AvgIpc) is 3.59. The Balaban J connectivity index is 1.27. The van der Waals surface area contributed by atoms with E-state index in [9.17, 15) is 13.9 Å². The molecule has 44 heavy (non-hydrogen) atoms. The number of phenolic OH excluding ortho intramolecular Hbond substituents is 1. The van der Waals surface area contributed by atoms with E-state index in [1.165, 1.54) is 12.3 Å². The monoisotopic (exact) mass is 599 g/mol. The van der Waals surface area contributed by atoms with Crippen molar-refractivity contribution in [2.75, 3.05) is 37.7 Å². The van der Waals surface area contributed by atoms with Gasteiger partial charge in [0.1, 0.15) is 41.7 Å². The summed E-state index contributed by atoms with van der Waals surface area (Å²) < 4.78 is 52.3. The molecule has 4 aromatic rings. The van der Waals surface area contributed by atoms with Crippen molar-refractivity contribution in [2.24, 2.45) is 11.8 Å². The van der Waals surface area contributed by atoms with Gasteiger partial charge in [0, 0.05) is 60.6 Å². The van der Waals surface area contributed by atoms with Crippen molar-refractivity contribution >= 4 is 27.5 Å². The van der Waals surface area contributed by atoms with E-state index in [-0.39, 0.29) is 41.4 Å². The highest BCUT2D eigenvalue weighted by Gasteiger charge is 2.49. The molecule has 2 bridgehead atoms. The van der Waals surface area contributed by atoms with E-state index in [0.29, 0.717) is 59.2 Å². The van der Waals surface area contributed by atoms with Crippen LogP contribution in [-0.2, 0) is 0 Å². The van der Waals surface area contributed by atoms with Gasteiger partial charge in [0.15, 0.2) is 5.82 Å². The van der Waals surface area contributed by atoms with Crippen LogP contribution in [0.3, 0.4) is 0 Å². The fourth-order valence-electron chi connectivity index (χ4n) is 8.21. The van der Waals surface area contributed by atoms with E-state index >= 15 is 4.39 Å². The molecule has 1 N–H and O–H groups in total. The third kappa shape index (κ3) is 4.27. The average molecular weight is 600 g/mol. The first-order chi connectivity index (χ1) is 21.3. The van der Waals surface area contributed by atoms with Gasteiger partial charge in [-0.05, 0) is 55.8 Å². The van der Waals surface area contributed by atoms with E-state index in [1.54, 1.807) is 24.3 Å². The summed E-state index contributed by atoms with van der Waals surface area (Å²) in [5.74, 6) is 2.11. The largest absolute Gasteiger partial charge is 0.508 e. The number of aromatic nitrogens is 3. The maximum atomic E-state index is 16.7. The smallest absolute Gasteiger partial charge is 0.319 e. The normalized spacial score (nSPS) is 28.1. The van der Waals surface area contributed by atoms with Crippen LogP contribution in [0, 0.1) is 30.0 Å². The minimum atomic E-state index is -0.916. The number of fused-ring (bicyclic) bond motifs is 5. The van der Waals surface area contributed by atoms with Gasteiger partial charge in [-0.15, -0.1) is 6.42 Å². The molecule has 3 saturated heterocycles. The lowest BCUT2D eigenvalue weighted by Gasteiger charge is -2.35. The standard InChI is InChI=1S/C34H32F3N5O2/c1-2-19-5-3-6-20-11-24(43)12-25(27(19)20)30-29(37)31-26(14-38-30)32(41-15-21-7-8-22(16-41)28(21)36)40-33(39-31)44-18-34-9-4-10-42(34)17-23(35)13-34/h1,3,5-6,11-12,14,21-23,28,43H,4,7-10,13,15-18H2/t21?,22?,23-,28?,34+/m1/s1. The van der Waals surface area contributed by atoms with Gasteiger partial charge in [-0.3, -0.25) is 9.88 Å². The number of hydrogen-bond acceptors (Lipinski definition) is 7. The summed E-state index contributed by atoms with van der Waals surface area (Å²) in [5, 5.41) is 12.2. The second kappa shape index (κ2) is 10.2. The number of nitrogens with zero attached hydrogens (tertiary/aromatic N) is 5. The van der Waals surface area contributed by atoms with E-state index < -0.39 is 23.7 Å². The summed E-state index contributed by atoms with van der Waals surface area (Å²) in [6, 6.07) is 8.35. The quantitative estimate of drug-likeness (QED) is 0.290. The molecule has 8 rings (SSSR count). The minimum Gasteiger partial charge on any atom is -0.508 e. The lowest BCUT2D eigenvalue weighted by molar-refractivity contribution is 0.107. The number of halogens is 3. The molecule has 2 aromatic carbocycles. The Morgan fingerprint density at radius 3 is 2.73 bits per heavy atom. The van der Waals surface area contributed by atoms with Crippen molar-refractivity contribution < 1.29 is 23.0 Å². The minimum absolute atomic E-state index is 0.00752. The van der Waals surface area contributed by atoms with Gasteiger partial charge in [-0.2, -0.15) is 9.97 Å². The van der Waals surface area contributed by atoms with Crippen molar-refractivity contribution in [3.8, 4) is 35.4 Å². The number of anilines is 1. The number of piperidine rings is 1. The molecule has 1 aliphatic carbocycles. The molecular formula is C34H32F3N5O2. The molecule has 0 spiro atoms. The first-order valence-corrected chi connectivity index (χ1v) is 15.3. The van der Waals surface area contributed by atoms with Crippen LogP contribution in [0.2, 0.25) is 0 Å². The highest BCUT2D eigenvalue weighted by molar-refractivity contribution is 6.02. The number of alkyl halides is 2. The van der Waals surface area contributed by atoms with Gasteiger partial charge in [0.05, 0.1) is 10.9 Å². The van der Waals surface area contributed by atoms with E-state index in [0.717, 1.165) is 32.2 Å². The number of terminal acetylenes is 1. The molecular weight excluding hydrogens is 567 g/mol. The Kier molecular flexibility index (Phi) is 6.38. The van der Waals surface area contributed by atoms with Crippen molar-refractivity contribution in [3.05, 3.63) is 47.9 Å². The fraction of sp³-hybridized carbons (Fsp3) is 0.441. The first kappa shape index (κ1) is 27.4. The second-order valence-corrected chi connectivity index (χ2v) is 12.9. The fourth-order valence-corrected chi connectivity index (χ4v) is 8.21. The van der Waals surface area contributed by atoms with Crippen molar-refractivity contribution in [1.29, 1.82) is 0 Å². The molecule has 4 aliphatic rings. The zero-order valence-corrected chi connectivity index (χ0v) is 24.1. The van der Waals surface area contributed by atoms with Crippen molar-refractivity contribution in [2.45, 2.75) is 50.0 Å². The van der Waals surface area contributed by atoms with Gasteiger partial charge >= 0.3 is 6.01 Å². The molecule has 4 atom stereocenters. The Hall–Kier alpha value is -4.10. The maximum absolute atomic E-state index is 16.7. The molecule has 2 unspecified atom stereocenters. The third-order valence-electron chi connectivity index (χ3n) is 10.3. The van der Waals surface area contributed by atoms with E-state index in [1.807, 2.05) is 4.90 Å². The first-order valence-electron chi connectivity index (χ1n) is 15.3. The molecule has 7 nitrogen and oxygen atoms in total. The maximum Gasteiger partial charge on any atom is 0.319 e. The molecule has 0 radical (unpaired) electrons. The van der Waals surface area contributed by atoms with Crippen LogP contribution >= 0.6 is 0 Å². The van der Waals surface area contributed by atoms with Gasteiger partial charge in [-0.1, -0.05) is 18.1 Å². The van der Waals surface area contributed by atoms with Crippen LogP contribution in [0.4, 0.5) is 19.0 Å². The summed E-state index contributed by atoms with van der Waals surface area (Å²) in [7, 11) is 0. The Labute approximate surface area is 253 Å². The van der Waals surface area contributed by atoms with Crippen LogP contribution in [0.1, 0.15) is 37.7 Å². The number of pyridine rings is 1. The Bertz CT molecular complexity index is 1830. The Morgan fingerprint density at radius 1 is 1.11 bits per heavy atom. The number of ether oxygens (including phenoxy) is 1. The summed E-state index contributed by atoms with van der Waals surface area (Å²) in [6.07, 6.45) is 9.31. The van der Waals surface area contributed by atoms with Gasteiger partial charge in [-0.25, -0.2) is 13.2 Å². The van der Waals surface area contributed by atoms with Crippen LogP contribution in [0.15, 0.2) is 36.5 Å². The lowest BCUT2D eigenvalue weighted by Crippen LogP contribution is -2.44. The molecule has 10 heteroatoms. The van der Waals surface area contributed by atoms with Crippen molar-refractivity contribution in [1.82, 2.24) is 19.9 Å². The number of rotatable bonds is 5. The predicted octanol–water partition coefficient (Wildman–Crippen LogP) is 5.81. The third-order valence-corrected chi connectivity index (χ3v) is 10.3. The molecule has 3 aliphatic heterocycles. The molecule has 5 heterocycles. The van der Waals surface area contributed by atoms with Gasteiger partial charge < -0.3 is 14.7 Å². The summed E-state index contributed by atoms with van der Waals surface area (Å²) in [5.41, 5.74) is 0.439. The predicted molar refractivity (Wildman–Crippen MR) is 162 cm³/mol. The molecule has 2 aromatic heterocycles. The van der Waals surface area contributed by atoms with E-state index in [2.05, 4.69) is 20.8 Å². The Morgan fingerprint density at radius 2 is 1.93 bits per heavy atom. The molecule has 1 saturated carbocycles. The molecule has 0 amide bonds. The SMILES string of the molecule is C#Cc1cccc2cc(O)cc(-c3ncc4c(N5CC6CCC(C5)C6F)nc(OC[C@@]56CCCN5C[C@H](F)C6)nc4c3F)c12. The van der Waals surface area contributed by atoms with Crippen molar-refractivity contribution in [3.63, 3.8) is 0 Å². The number of aromatic hydroxyl groups is 1. The summed E-state index contributed by atoms with van der Waals surface area (Å²) in [4.78, 5) is 18.0. The highest BCUT2D eigenvalue weighted by atomic mass is 19.1. The molecule has 4 fully saturated rings. The van der Waals surface area contributed by atoms with Crippen LogP contribution in [0.25, 0.3) is 32.9 Å². The zero-order valence-electron chi connectivity index (χ0n) is 24.1. The van der Waals surface area contributed by atoms with Gasteiger partial charge in [0.25, 0.3) is 0 Å². The number of benzene rings is 2. The summed E-state index contributed by atoms with van der Waals surface area (Å²) >= 11 is 0. The summed E-state index contributed by atoms with van der Waals surface area (Å²) in [6.45, 7) is 2.30. The van der Waals surface area contributed by atoms with Crippen LogP contribution in [-0.4, -0.2) is 75.6 Å². The van der Waals surface area contributed by atoms with E-state index in [4.69, 9.17) is 16.1 Å². The second-order valence-electron chi connectivity index (χ2n) is 12.9. The molecule has 226 valence electrons. The number of hydrogen-bond donors (Lipinski definition) is 1. The zero-order chi connectivity index (χ0) is 30.2.